The Balaban J connectivity index is 1.52. The van der Waals surface area contributed by atoms with Gasteiger partial charge in [-0.15, -0.1) is 0 Å². The van der Waals surface area contributed by atoms with Crippen molar-refractivity contribution in [2.24, 2.45) is 17.3 Å². The predicted molar refractivity (Wildman–Crippen MR) is 120 cm³/mol. The number of piperidine rings is 1. The van der Waals surface area contributed by atoms with Crippen LogP contribution >= 0.6 is 0 Å². The fourth-order valence-corrected chi connectivity index (χ4v) is 4.77. The molecule has 0 unspecified atom stereocenters. The van der Waals surface area contributed by atoms with Crippen LogP contribution in [0.1, 0.15) is 38.7 Å². The molecule has 2 amide bonds. The van der Waals surface area contributed by atoms with Crippen LogP contribution in [0.3, 0.4) is 0 Å². The molecular weight excluding hydrogens is 372 g/mol. The highest BCUT2D eigenvalue weighted by atomic mass is 16.2. The monoisotopic (exact) mass is 404 g/mol. The average molecular weight is 405 g/mol. The van der Waals surface area contributed by atoms with E-state index in [1.165, 1.54) is 16.7 Å². The highest BCUT2D eigenvalue weighted by Gasteiger charge is 2.46. The maximum Gasteiger partial charge on any atom is 0.226 e. The van der Waals surface area contributed by atoms with Gasteiger partial charge in [0.25, 0.3) is 0 Å². The minimum absolute atomic E-state index is 0.127. The zero-order chi connectivity index (χ0) is 21.1. The molecule has 1 heterocycles. The quantitative estimate of drug-likeness (QED) is 0.780. The van der Waals surface area contributed by atoms with Gasteiger partial charge in [0.1, 0.15) is 0 Å². The van der Waals surface area contributed by atoms with E-state index in [0.717, 1.165) is 19.3 Å². The summed E-state index contributed by atoms with van der Waals surface area (Å²) in [5.41, 5.74) is 3.09. The first-order valence-corrected chi connectivity index (χ1v) is 11.2. The van der Waals surface area contributed by atoms with Gasteiger partial charge in [-0.1, -0.05) is 61.5 Å². The first-order valence-electron chi connectivity index (χ1n) is 11.2. The molecule has 1 aliphatic carbocycles. The summed E-state index contributed by atoms with van der Waals surface area (Å²) >= 11 is 0. The van der Waals surface area contributed by atoms with Crippen LogP contribution in [0, 0.1) is 17.3 Å². The summed E-state index contributed by atoms with van der Waals surface area (Å²) in [5.74, 6) is 1.15. The molecule has 1 saturated carbocycles. The van der Waals surface area contributed by atoms with Crippen LogP contribution in [0.2, 0.25) is 0 Å². The van der Waals surface area contributed by atoms with Crippen molar-refractivity contribution in [3.8, 4) is 11.1 Å². The van der Waals surface area contributed by atoms with E-state index in [1.807, 2.05) is 30.0 Å². The topological polar surface area (TPSA) is 49.4 Å². The lowest BCUT2D eigenvalue weighted by atomic mass is 9.72. The van der Waals surface area contributed by atoms with E-state index in [-0.39, 0.29) is 17.7 Å². The summed E-state index contributed by atoms with van der Waals surface area (Å²) in [5, 5.41) is 3.07. The Morgan fingerprint density at radius 3 is 2.33 bits per heavy atom. The van der Waals surface area contributed by atoms with Gasteiger partial charge in [0.2, 0.25) is 11.8 Å². The molecule has 0 aromatic heterocycles. The second-order valence-electron chi connectivity index (χ2n) is 9.03. The number of amides is 2. The number of benzene rings is 2. The number of rotatable bonds is 6. The fraction of sp³-hybridized carbons (Fsp3) is 0.462. The summed E-state index contributed by atoms with van der Waals surface area (Å²) in [6.45, 7) is 6.10. The summed E-state index contributed by atoms with van der Waals surface area (Å²) in [7, 11) is 0. The van der Waals surface area contributed by atoms with E-state index in [2.05, 4.69) is 48.6 Å². The molecule has 1 saturated heterocycles. The molecule has 2 aromatic rings. The van der Waals surface area contributed by atoms with Crippen LogP contribution in [0.15, 0.2) is 54.6 Å². The van der Waals surface area contributed by atoms with Gasteiger partial charge in [0, 0.05) is 25.6 Å². The highest BCUT2D eigenvalue weighted by Crippen LogP contribution is 2.42. The van der Waals surface area contributed by atoms with Crippen molar-refractivity contribution in [3.63, 3.8) is 0 Å². The summed E-state index contributed by atoms with van der Waals surface area (Å²) in [6, 6.07) is 18.9. The van der Waals surface area contributed by atoms with Crippen molar-refractivity contribution < 1.29 is 9.59 Å². The molecule has 30 heavy (non-hydrogen) atoms. The Kier molecular flexibility index (Phi) is 5.94. The highest BCUT2D eigenvalue weighted by molar-refractivity contribution is 5.85. The first-order chi connectivity index (χ1) is 14.5. The second-order valence-corrected chi connectivity index (χ2v) is 9.03. The van der Waals surface area contributed by atoms with Crippen LogP contribution in [0.25, 0.3) is 11.1 Å². The molecule has 1 aliphatic heterocycles. The van der Waals surface area contributed by atoms with Gasteiger partial charge < -0.3 is 10.2 Å². The van der Waals surface area contributed by atoms with Gasteiger partial charge in [0.05, 0.1) is 5.41 Å². The molecule has 0 spiro atoms. The van der Waals surface area contributed by atoms with Crippen LogP contribution in [0.4, 0.5) is 0 Å². The zero-order valence-corrected chi connectivity index (χ0v) is 18.1. The lowest BCUT2D eigenvalue weighted by Crippen LogP contribution is -2.51. The number of nitrogens with zero attached hydrogens (tertiary/aromatic N) is 1. The van der Waals surface area contributed by atoms with Crippen molar-refractivity contribution >= 4 is 11.8 Å². The zero-order valence-electron chi connectivity index (χ0n) is 18.1. The second kappa shape index (κ2) is 8.63. The maximum absolute atomic E-state index is 13.1. The van der Waals surface area contributed by atoms with Crippen molar-refractivity contribution in [2.45, 2.75) is 39.5 Å². The Morgan fingerprint density at radius 1 is 1.03 bits per heavy atom. The van der Waals surface area contributed by atoms with Gasteiger partial charge in [0.15, 0.2) is 0 Å². The molecule has 2 aromatic carbocycles. The van der Waals surface area contributed by atoms with Crippen LogP contribution in [-0.4, -0.2) is 36.3 Å². The molecule has 2 aliphatic rings. The van der Waals surface area contributed by atoms with Crippen molar-refractivity contribution in [1.29, 1.82) is 0 Å². The number of hydrogen-bond donors (Lipinski definition) is 1. The van der Waals surface area contributed by atoms with E-state index in [1.54, 1.807) is 0 Å². The third-order valence-corrected chi connectivity index (χ3v) is 6.85. The van der Waals surface area contributed by atoms with Crippen LogP contribution < -0.4 is 5.32 Å². The van der Waals surface area contributed by atoms with E-state index in [4.69, 9.17) is 0 Å². The van der Waals surface area contributed by atoms with Gasteiger partial charge in [-0.2, -0.15) is 0 Å². The molecule has 4 rings (SSSR count). The maximum atomic E-state index is 13.1. The number of carbonyl (C=O) groups is 2. The Bertz CT molecular complexity index is 900. The van der Waals surface area contributed by atoms with Crippen molar-refractivity contribution in [1.82, 2.24) is 10.2 Å². The average Bonchev–Trinajstić information content (AvgIpc) is 3.51. The number of hydrogen-bond acceptors (Lipinski definition) is 2. The summed E-state index contributed by atoms with van der Waals surface area (Å²) in [6.07, 6.45) is 3.17. The Labute approximate surface area is 179 Å². The minimum atomic E-state index is -0.447. The molecule has 0 radical (unpaired) electrons. The molecule has 158 valence electrons. The predicted octanol–water partition coefficient (Wildman–Crippen LogP) is 4.30. The Morgan fingerprint density at radius 2 is 1.70 bits per heavy atom. The number of nitrogens with one attached hydrogen (secondary N) is 1. The third-order valence-electron chi connectivity index (χ3n) is 6.85. The van der Waals surface area contributed by atoms with Gasteiger partial charge >= 0.3 is 0 Å². The SMILES string of the molecule is CCNC(=O)C1(Cc2cccc(-c3ccccc3)c2)CCN(C(=O)[C@H]2C[C@H]2C)CC1. The largest absolute Gasteiger partial charge is 0.356 e. The molecule has 2 fully saturated rings. The molecule has 0 bridgehead atoms. The number of likely N-dealkylation sites (tertiary alicyclic amines) is 1. The molecule has 1 N–H and O–H groups in total. The number of carbonyl (C=O) groups excluding carboxylic acids is 2. The molecular formula is C26H32N2O2. The standard InChI is InChI=1S/C26H32N2O2/c1-3-27-25(30)26(12-14-28(15-13-26)24(29)23-16-19(23)2)18-20-8-7-11-22(17-20)21-9-5-4-6-10-21/h4-11,17,19,23H,3,12-16,18H2,1-2H3,(H,27,30)/t19-,23+/m1/s1. The van der Waals surface area contributed by atoms with E-state index in [9.17, 15) is 9.59 Å². The summed E-state index contributed by atoms with van der Waals surface area (Å²) in [4.78, 5) is 27.8. The van der Waals surface area contributed by atoms with Crippen molar-refractivity contribution in [2.75, 3.05) is 19.6 Å². The van der Waals surface area contributed by atoms with E-state index >= 15 is 0 Å². The minimum Gasteiger partial charge on any atom is -0.356 e. The van der Waals surface area contributed by atoms with Crippen LogP contribution in [-0.2, 0) is 16.0 Å². The van der Waals surface area contributed by atoms with Crippen molar-refractivity contribution in [3.05, 3.63) is 60.2 Å². The molecule has 4 nitrogen and oxygen atoms in total. The fourth-order valence-electron chi connectivity index (χ4n) is 4.77. The first kappa shape index (κ1) is 20.6. The van der Waals surface area contributed by atoms with E-state index in [0.29, 0.717) is 32.0 Å². The van der Waals surface area contributed by atoms with Gasteiger partial charge in [-0.25, -0.2) is 0 Å². The van der Waals surface area contributed by atoms with Gasteiger partial charge in [-0.05, 0) is 55.2 Å². The summed E-state index contributed by atoms with van der Waals surface area (Å²) < 4.78 is 0. The normalized spacial score (nSPS) is 22.4. The lowest BCUT2D eigenvalue weighted by molar-refractivity contribution is -0.141. The molecule has 2 atom stereocenters. The van der Waals surface area contributed by atoms with E-state index < -0.39 is 5.41 Å². The van der Waals surface area contributed by atoms with Crippen LogP contribution in [0.5, 0.6) is 0 Å². The Hall–Kier alpha value is -2.62. The lowest BCUT2D eigenvalue weighted by Gasteiger charge is -2.41. The third kappa shape index (κ3) is 4.28. The van der Waals surface area contributed by atoms with Gasteiger partial charge in [-0.3, -0.25) is 9.59 Å². The molecule has 4 heteroatoms. The smallest absolute Gasteiger partial charge is 0.226 e.